The number of ether oxygens (including phenoxy) is 1. The number of benzene rings is 4. The largest absolute Gasteiger partial charge is 0.497 e. The molecule has 2 aromatic heterocycles. The first kappa shape index (κ1) is 22.9. The highest BCUT2D eigenvalue weighted by Gasteiger charge is 2.22. The van der Waals surface area contributed by atoms with Gasteiger partial charge in [-0.25, -0.2) is 15.0 Å². The minimum atomic E-state index is 0.681. The molecule has 0 aliphatic rings. The Kier molecular flexibility index (Phi) is 5.49. The van der Waals surface area contributed by atoms with Crippen molar-refractivity contribution in [2.75, 3.05) is 7.11 Å². The molecular formula is C32H28N4O. The molecule has 0 unspecified atom stereocenters. The van der Waals surface area contributed by atoms with Crippen LogP contribution in [-0.4, -0.2) is 26.6 Å². The lowest BCUT2D eigenvalue weighted by atomic mass is 9.91. The Hall–Kier alpha value is -4.51. The van der Waals surface area contributed by atoms with Crippen molar-refractivity contribution < 1.29 is 4.74 Å². The smallest absolute Gasteiger partial charge is 0.163 e. The molecule has 0 saturated carbocycles. The zero-order chi connectivity index (χ0) is 25.7. The predicted molar refractivity (Wildman–Crippen MR) is 151 cm³/mol. The third-order valence-corrected chi connectivity index (χ3v) is 7.52. The van der Waals surface area contributed by atoms with Crippen molar-refractivity contribution in [3.05, 3.63) is 101 Å². The molecule has 2 heterocycles. The zero-order valence-electron chi connectivity index (χ0n) is 21.7. The van der Waals surface area contributed by atoms with Gasteiger partial charge in [-0.05, 0) is 74.2 Å². The summed E-state index contributed by atoms with van der Waals surface area (Å²) >= 11 is 0. The number of fused-ring (bicyclic) bond motifs is 3. The minimum absolute atomic E-state index is 0.681. The molecular weight excluding hydrogens is 456 g/mol. The van der Waals surface area contributed by atoms with Crippen molar-refractivity contribution in [1.29, 1.82) is 0 Å². The first-order chi connectivity index (χ1) is 18.0. The fourth-order valence-electron chi connectivity index (χ4n) is 5.43. The summed E-state index contributed by atoms with van der Waals surface area (Å²) in [5.41, 5.74) is 10.3. The summed E-state index contributed by atoms with van der Waals surface area (Å²) < 4.78 is 7.94. The average molecular weight is 485 g/mol. The van der Waals surface area contributed by atoms with Crippen LogP contribution in [0.4, 0.5) is 0 Å². The zero-order valence-corrected chi connectivity index (χ0v) is 21.7. The quantitative estimate of drug-likeness (QED) is 0.259. The van der Waals surface area contributed by atoms with Gasteiger partial charge in [0.15, 0.2) is 11.6 Å². The third-order valence-electron chi connectivity index (χ3n) is 7.52. The van der Waals surface area contributed by atoms with E-state index in [1.165, 1.54) is 44.2 Å². The van der Waals surface area contributed by atoms with Crippen molar-refractivity contribution in [1.82, 2.24) is 19.5 Å². The summed E-state index contributed by atoms with van der Waals surface area (Å²) in [5, 5.41) is 2.39. The van der Waals surface area contributed by atoms with E-state index in [9.17, 15) is 0 Å². The normalized spacial score (nSPS) is 11.4. The van der Waals surface area contributed by atoms with Crippen LogP contribution in [0, 0.1) is 27.7 Å². The number of hydrogen-bond acceptors (Lipinski definition) is 4. The Morgan fingerprint density at radius 1 is 0.649 bits per heavy atom. The Balaban J connectivity index is 1.61. The lowest BCUT2D eigenvalue weighted by molar-refractivity contribution is 0.415. The summed E-state index contributed by atoms with van der Waals surface area (Å²) in [6.45, 7) is 8.74. The molecule has 6 rings (SSSR count). The Morgan fingerprint density at radius 2 is 1.30 bits per heavy atom. The van der Waals surface area contributed by atoms with E-state index in [2.05, 4.69) is 78.6 Å². The second-order valence-electron chi connectivity index (χ2n) is 9.46. The Morgan fingerprint density at radius 3 is 2.03 bits per heavy atom. The van der Waals surface area contributed by atoms with Crippen LogP contribution in [0.5, 0.6) is 5.75 Å². The van der Waals surface area contributed by atoms with Crippen LogP contribution in [0.15, 0.2) is 79.1 Å². The fraction of sp³-hybridized carbons (Fsp3) is 0.156. The van der Waals surface area contributed by atoms with Gasteiger partial charge in [0.25, 0.3) is 0 Å². The van der Waals surface area contributed by atoms with Gasteiger partial charge in [-0.1, -0.05) is 48.5 Å². The van der Waals surface area contributed by atoms with E-state index in [0.717, 1.165) is 22.4 Å². The van der Waals surface area contributed by atoms with E-state index < -0.39 is 0 Å². The van der Waals surface area contributed by atoms with Gasteiger partial charge < -0.3 is 9.30 Å². The SMILES string of the molecule is COc1ccc2c(c1)c1ccccc1n2-c1c(C)c(C)c(-c2ncnc(-c3ccccc3)n2)c(C)c1C. The molecule has 0 aliphatic heterocycles. The minimum Gasteiger partial charge on any atom is -0.497 e. The van der Waals surface area contributed by atoms with Crippen LogP contribution in [0.25, 0.3) is 50.3 Å². The summed E-state index contributed by atoms with van der Waals surface area (Å²) in [5.74, 6) is 2.24. The third kappa shape index (κ3) is 3.58. The molecule has 0 radical (unpaired) electrons. The van der Waals surface area contributed by atoms with Gasteiger partial charge in [0, 0.05) is 21.9 Å². The van der Waals surface area contributed by atoms with Crippen molar-refractivity contribution >= 4 is 21.8 Å². The Bertz CT molecular complexity index is 1770. The number of hydrogen-bond donors (Lipinski definition) is 0. The molecule has 0 N–H and O–H groups in total. The molecule has 0 bridgehead atoms. The summed E-state index contributed by atoms with van der Waals surface area (Å²) in [7, 11) is 1.71. The van der Waals surface area contributed by atoms with E-state index in [1.807, 2.05) is 36.4 Å². The molecule has 0 atom stereocenters. The highest BCUT2D eigenvalue weighted by Crippen LogP contribution is 2.40. The monoisotopic (exact) mass is 484 g/mol. The molecule has 0 fully saturated rings. The highest BCUT2D eigenvalue weighted by molar-refractivity contribution is 6.10. The van der Waals surface area contributed by atoms with Gasteiger partial charge in [0.1, 0.15) is 12.1 Å². The van der Waals surface area contributed by atoms with Gasteiger partial charge in [-0.2, -0.15) is 0 Å². The number of methoxy groups -OCH3 is 1. The molecule has 6 aromatic rings. The van der Waals surface area contributed by atoms with E-state index in [-0.39, 0.29) is 0 Å². The number of para-hydroxylation sites is 1. The van der Waals surface area contributed by atoms with Crippen molar-refractivity contribution in [3.63, 3.8) is 0 Å². The van der Waals surface area contributed by atoms with E-state index >= 15 is 0 Å². The average Bonchev–Trinajstić information content (AvgIpc) is 3.26. The summed E-state index contributed by atoms with van der Waals surface area (Å²) in [6.07, 6.45) is 1.61. The molecule has 0 saturated heterocycles. The lowest BCUT2D eigenvalue weighted by Crippen LogP contribution is -2.08. The van der Waals surface area contributed by atoms with Gasteiger partial charge in [-0.15, -0.1) is 0 Å². The van der Waals surface area contributed by atoms with Crippen LogP contribution in [0.1, 0.15) is 22.3 Å². The summed E-state index contributed by atoms with van der Waals surface area (Å²) in [6, 6.07) is 24.9. The van der Waals surface area contributed by atoms with Crippen LogP contribution < -0.4 is 4.74 Å². The van der Waals surface area contributed by atoms with Gasteiger partial charge in [0.05, 0.1) is 23.8 Å². The molecule has 182 valence electrons. The fourth-order valence-corrected chi connectivity index (χ4v) is 5.43. The van der Waals surface area contributed by atoms with Crippen LogP contribution in [-0.2, 0) is 0 Å². The molecule has 0 amide bonds. The molecule has 5 nitrogen and oxygen atoms in total. The van der Waals surface area contributed by atoms with Gasteiger partial charge in [-0.3, -0.25) is 0 Å². The number of rotatable bonds is 4. The first-order valence-corrected chi connectivity index (χ1v) is 12.4. The molecule has 4 aromatic carbocycles. The molecule has 5 heteroatoms. The highest BCUT2D eigenvalue weighted by atomic mass is 16.5. The predicted octanol–water partition coefficient (Wildman–Crippen LogP) is 7.54. The van der Waals surface area contributed by atoms with Crippen molar-refractivity contribution in [3.8, 4) is 34.2 Å². The maximum Gasteiger partial charge on any atom is 0.163 e. The van der Waals surface area contributed by atoms with Gasteiger partial charge in [0.2, 0.25) is 0 Å². The van der Waals surface area contributed by atoms with Crippen LogP contribution in [0.2, 0.25) is 0 Å². The standard InChI is InChI=1S/C32H28N4O/c1-19-21(3)30(36-27-14-10-9-13-25(27)26-17-24(37-5)15-16-28(26)36)22(4)20(2)29(19)32-34-18-33-31(35-32)23-11-7-6-8-12-23/h6-18H,1-5H3. The topological polar surface area (TPSA) is 52.8 Å². The first-order valence-electron chi connectivity index (χ1n) is 12.4. The molecule has 37 heavy (non-hydrogen) atoms. The maximum absolute atomic E-state index is 5.55. The van der Waals surface area contributed by atoms with E-state index in [0.29, 0.717) is 11.6 Å². The van der Waals surface area contributed by atoms with Crippen molar-refractivity contribution in [2.45, 2.75) is 27.7 Å². The lowest BCUT2D eigenvalue weighted by Gasteiger charge is -2.22. The summed E-state index contributed by atoms with van der Waals surface area (Å²) in [4.78, 5) is 13.9. The van der Waals surface area contributed by atoms with Crippen molar-refractivity contribution in [2.24, 2.45) is 0 Å². The number of aromatic nitrogens is 4. The Labute approximate surface area is 216 Å². The number of nitrogens with zero attached hydrogens (tertiary/aromatic N) is 4. The van der Waals surface area contributed by atoms with Gasteiger partial charge >= 0.3 is 0 Å². The van der Waals surface area contributed by atoms with Crippen LogP contribution >= 0.6 is 0 Å². The van der Waals surface area contributed by atoms with Crippen LogP contribution in [0.3, 0.4) is 0 Å². The molecule has 0 spiro atoms. The van der Waals surface area contributed by atoms with E-state index in [4.69, 9.17) is 9.72 Å². The molecule has 0 aliphatic carbocycles. The van der Waals surface area contributed by atoms with E-state index in [1.54, 1.807) is 13.4 Å². The second-order valence-corrected chi connectivity index (χ2v) is 9.46. The maximum atomic E-state index is 5.55. The second kappa shape index (κ2) is 8.86.